The lowest BCUT2D eigenvalue weighted by atomic mass is 9.94. The summed E-state index contributed by atoms with van der Waals surface area (Å²) in [6, 6.07) is 8.30. The van der Waals surface area contributed by atoms with Crippen LogP contribution in [0.4, 0.5) is 0 Å². The average molecular weight is 175 g/mol. The smallest absolute Gasteiger partial charge is 0.147 e. The minimum atomic E-state index is 0.0231. The Balaban J connectivity index is 2.24. The van der Waals surface area contributed by atoms with Crippen molar-refractivity contribution in [3.05, 3.63) is 35.4 Å². The van der Waals surface area contributed by atoms with Crippen molar-refractivity contribution >= 4 is 5.78 Å². The van der Waals surface area contributed by atoms with Crippen LogP contribution >= 0.6 is 0 Å². The van der Waals surface area contributed by atoms with Crippen LogP contribution in [-0.2, 0) is 17.8 Å². The van der Waals surface area contributed by atoms with Gasteiger partial charge in [-0.25, -0.2) is 0 Å². The molecule has 0 saturated carbocycles. The molecule has 0 aliphatic carbocycles. The zero-order valence-electron chi connectivity index (χ0n) is 7.71. The average Bonchev–Trinajstić information content (AvgIpc) is 2.17. The predicted molar refractivity (Wildman–Crippen MR) is 51.5 cm³/mol. The highest BCUT2D eigenvalue weighted by Gasteiger charge is 2.20. The fraction of sp³-hybridized carbons (Fsp3) is 0.364. The van der Waals surface area contributed by atoms with E-state index in [1.54, 1.807) is 6.92 Å². The molecule has 1 aromatic rings. The summed E-state index contributed by atoms with van der Waals surface area (Å²) in [5.41, 5.74) is 2.63. The van der Waals surface area contributed by atoms with Gasteiger partial charge in [-0.2, -0.15) is 0 Å². The highest BCUT2D eigenvalue weighted by atomic mass is 16.1. The van der Waals surface area contributed by atoms with Crippen molar-refractivity contribution in [2.45, 2.75) is 25.9 Å². The largest absolute Gasteiger partial charge is 0.303 e. The monoisotopic (exact) mass is 175 g/mol. The van der Waals surface area contributed by atoms with Crippen LogP contribution in [0.2, 0.25) is 0 Å². The minimum Gasteiger partial charge on any atom is -0.303 e. The van der Waals surface area contributed by atoms with Gasteiger partial charge in [-0.15, -0.1) is 0 Å². The van der Waals surface area contributed by atoms with Crippen LogP contribution in [0.1, 0.15) is 18.1 Å². The number of benzene rings is 1. The molecule has 0 bridgehead atoms. The van der Waals surface area contributed by atoms with E-state index < -0.39 is 0 Å². The quantitative estimate of drug-likeness (QED) is 0.696. The van der Waals surface area contributed by atoms with E-state index in [0.717, 1.165) is 13.0 Å². The zero-order valence-corrected chi connectivity index (χ0v) is 7.71. The number of carbonyl (C=O) groups is 1. The molecule has 0 unspecified atom stereocenters. The summed E-state index contributed by atoms with van der Waals surface area (Å²) in [5, 5.41) is 3.23. The fourth-order valence-corrected chi connectivity index (χ4v) is 1.74. The van der Waals surface area contributed by atoms with Gasteiger partial charge in [0.1, 0.15) is 5.78 Å². The van der Waals surface area contributed by atoms with Gasteiger partial charge >= 0.3 is 0 Å². The lowest BCUT2D eigenvalue weighted by Crippen LogP contribution is -2.40. The first kappa shape index (κ1) is 8.45. The van der Waals surface area contributed by atoms with Crippen LogP contribution in [0, 0.1) is 0 Å². The van der Waals surface area contributed by atoms with Gasteiger partial charge in [0.05, 0.1) is 6.04 Å². The van der Waals surface area contributed by atoms with Gasteiger partial charge in [0.15, 0.2) is 0 Å². The number of nitrogens with one attached hydrogen (secondary N) is 1. The first-order valence-electron chi connectivity index (χ1n) is 4.58. The number of ketones is 1. The van der Waals surface area contributed by atoms with Crippen LogP contribution in [0.25, 0.3) is 0 Å². The van der Waals surface area contributed by atoms with Crippen LogP contribution in [0.3, 0.4) is 0 Å². The van der Waals surface area contributed by atoms with Crippen molar-refractivity contribution in [1.82, 2.24) is 5.32 Å². The third kappa shape index (κ3) is 1.63. The molecule has 68 valence electrons. The van der Waals surface area contributed by atoms with Gasteiger partial charge in [-0.1, -0.05) is 24.3 Å². The summed E-state index contributed by atoms with van der Waals surface area (Å²) in [7, 11) is 0. The van der Waals surface area contributed by atoms with Crippen LogP contribution in [0.15, 0.2) is 24.3 Å². The molecule has 0 radical (unpaired) electrons. The van der Waals surface area contributed by atoms with Crippen LogP contribution in [0.5, 0.6) is 0 Å². The van der Waals surface area contributed by atoms with E-state index in [4.69, 9.17) is 0 Å². The molecule has 0 saturated heterocycles. The van der Waals surface area contributed by atoms with Gasteiger partial charge in [-0.3, -0.25) is 4.79 Å². The summed E-state index contributed by atoms with van der Waals surface area (Å²) in [5.74, 6) is 0.231. The lowest BCUT2D eigenvalue weighted by molar-refractivity contribution is -0.119. The minimum absolute atomic E-state index is 0.0231. The van der Waals surface area contributed by atoms with Crippen molar-refractivity contribution in [3.63, 3.8) is 0 Å². The Morgan fingerprint density at radius 2 is 2.08 bits per heavy atom. The number of rotatable bonds is 1. The molecule has 0 amide bonds. The number of carbonyl (C=O) groups excluding carboxylic acids is 1. The van der Waals surface area contributed by atoms with Crippen molar-refractivity contribution in [3.8, 4) is 0 Å². The predicted octanol–water partition coefficient (Wildman–Crippen LogP) is 1.29. The summed E-state index contributed by atoms with van der Waals surface area (Å²) in [4.78, 5) is 11.1. The second-order valence-corrected chi connectivity index (χ2v) is 3.52. The molecule has 2 nitrogen and oxygen atoms in total. The summed E-state index contributed by atoms with van der Waals surface area (Å²) < 4.78 is 0. The molecule has 1 heterocycles. The third-order valence-corrected chi connectivity index (χ3v) is 2.57. The number of Topliss-reactive ketones (excluding diaryl/α,β-unsaturated/α-hetero) is 1. The van der Waals surface area contributed by atoms with Crippen LogP contribution in [-0.4, -0.2) is 11.8 Å². The molecule has 13 heavy (non-hydrogen) atoms. The Morgan fingerprint density at radius 3 is 2.77 bits per heavy atom. The van der Waals surface area contributed by atoms with Crippen molar-refractivity contribution < 1.29 is 4.79 Å². The number of fused-ring (bicyclic) bond motifs is 1. The normalized spacial score (nSPS) is 20.8. The topological polar surface area (TPSA) is 29.1 Å². The second-order valence-electron chi connectivity index (χ2n) is 3.52. The van der Waals surface area contributed by atoms with Crippen molar-refractivity contribution in [2.75, 3.05) is 0 Å². The van der Waals surface area contributed by atoms with Gasteiger partial charge in [0.25, 0.3) is 0 Å². The lowest BCUT2D eigenvalue weighted by Gasteiger charge is -2.23. The molecule has 0 fully saturated rings. The van der Waals surface area contributed by atoms with Crippen LogP contribution < -0.4 is 5.32 Å². The maximum atomic E-state index is 11.1. The fourth-order valence-electron chi connectivity index (χ4n) is 1.74. The maximum Gasteiger partial charge on any atom is 0.147 e. The summed E-state index contributed by atoms with van der Waals surface area (Å²) in [6.45, 7) is 2.46. The Bertz CT molecular complexity index is 333. The van der Waals surface area contributed by atoms with E-state index in [0.29, 0.717) is 0 Å². The van der Waals surface area contributed by atoms with E-state index in [1.165, 1.54) is 11.1 Å². The summed E-state index contributed by atoms with van der Waals surface area (Å²) >= 11 is 0. The number of hydrogen-bond donors (Lipinski definition) is 1. The van der Waals surface area contributed by atoms with Gasteiger partial charge in [-0.05, 0) is 24.5 Å². The Labute approximate surface area is 78.0 Å². The molecule has 1 aliphatic heterocycles. The van der Waals surface area contributed by atoms with E-state index in [1.807, 2.05) is 12.1 Å². The Morgan fingerprint density at radius 1 is 1.38 bits per heavy atom. The molecule has 1 aromatic carbocycles. The van der Waals surface area contributed by atoms with E-state index >= 15 is 0 Å². The van der Waals surface area contributed by atoms with Gasteiger partial charge < -0.3 is 5.32 Å². The van der Waals surface area contributed by atoms with Crippen molar-refractivity contribution in [2.24, 2.45) is 0 Å². The molecule has 0 aromatic heterocycles. The third-order valence-electron chi connectivity index (χ3n) is 2.57. The molecular formula is C11H13NO. The molecule has 1 atom stereocenters. The first-order valence-corrected chi connectivity index (χ1v) is 4.58. The van der Waals surface area contributed by atoms with E-state index in [-0.39, 0.29) is 11.8 Å². The standard InChI is InChI=1S/C11H13NO/c1-8(13)11-6-9-4-2-3-5-10(9)7-12-11/h2-5,11-12H,6-7H2,1H3/t11-/m1/s1. The van der Waals surface area contributed by atoms with E-state index in [9.17, 15) is 4.79 Å². The SMILES string of the molecule is CC(=O)[C@H]1Cc2ccccc2CN1. The highest BCUT2D eigenvalue weighted by Crippen LogP contribution is 2.16. The number of hydrogen-bond acceptors (Lipinski definition) is 2. The molecule has 2 rings (SSSR count). The second kappa shape index (κ2) is 3.30. The Kier molecular flexibility index (Phi) is 2.15. The maximum absolute atomic E-state index is 11.1. The molecule has 0 spiro atoms. The molecule has 1 aliphatic rings. The van der Waals surface area contributed by atoms with Gasteiger partial charge in [0, 0.05) is 6.54 Å². The highest BCUT2D eigenvalue weighted by molar-refractivity contribution is 5.82. The molecule has 2 heteroatoms. The van der Waals surface area contributed by atoms with Gasteiger partial charge in [0.2, 0.25) is 0 Å². The molecule has 1 N–H and O–H groups in total. The van der Waals surface area contributed by atoms with Crippen molar-refractivity contribution in [1.29, 1.82) is 0 Å². The molecular weight excluding hydrogens is 162 g/mol. The first-order chi connectivity index (χ1) is 6.27. The Hall–Kier alpha value is -1.15. The van der Waals surface area contributed by atoms with E-state index in [2.05, 4.69) is 17.4 Å². The zero-order chi connectivity index (χ0) is 9.26. The summed E-state index contributed by atoms with van der Waals surface area (Å²) in [6.07, 6.45) is 0.839.